The third-order valence-electron chi connectivity index (χ3n) is 4.84. The fourth-order valence-corrected chi connectivity index (χ4v) is 4.06. The second-order valence-corrected chi connectivity index (χ2v) is 9.79. The fraction of sp³-hybridized carbons (Fsp3) is 0.318. The van der Waals surface area contributed by atoms with Gasteiger partial charge in [0.1, 0.15) is 0 Å². The van der Waals surface area contributed by atoms with E-state index in [9.17, 15) is 13.2 Å². The molecule has 0 aliphatic heterocycles. The molecule has 1 amide bonds. The summed E-state index contributed by atoms with van der Waals surface area (Å²) < 4.78 is 45.8. The minimum absolute atomic E-state index is 0.0808. The molecule has 1 heterocycles. The smallest absolute Gasteiger partial charge is 0.322 e. The van der Waals surface area contributed by atoms with Crippen LogP contribution in [0.5, 0.6) is 17.2 Å². The average molecular weight is 476 g/mol. The van der Waals surface area contributed by atoms with E-state index in [2.05, 4.69) is 15.5 Å². The Bertz CT molecular complexity index is 1210. The van der Waals surface area contributed by atoms with E-state index in [0.29, 0.717) is 17.2 Å². The molecule has 3 aromatic rings. The number of ether oxygens (including phenoxy) is 3. The van der Waals surface area contributed by atoms with Gasteiger partial charge in [0.2, 0.25) is 11.6 Å². The first kappa shape index (κ1) is 24.1. The number of nitrogens with one attached hydrogen (secondary N) is 1. The third-order valence-corrected chi connectivity index (χ3v) is 7.01. The molecule has 0 unspecified atom stereocenters. The largest absolute Gasteiger partial charge is 0.493 e. The average Bonchev–Trinajstić information content (AvgIpc) is 3.24. The zero-order valence-corrected chi connectivity index (χ0v) is 19.7. The van der Waals surface area contributed by atoms with E-state index in [1.807, 2.05) is 0 Å². The highest BCUT2D eigenvalue weighted by molar-refractivity contribution is 7.92. The van der Waals surface area contributed by atoms with Crippen LogP contribution >= 0.6 is 0 Å². The van der Waals surface area contributed by atoms with Crippen molar-refractivity contribution in [2.45, 2.75) is 30.4 Å². The number of amides is 1. The quantitative estimate of drug-likeness (QED) is 0.496. The molecule has 3 rings (SSSR count). The minimum Gasteiger partial charge on any atom is -0.493 e. The SMILES string of the molecule is COc1cc(C(=O)Nc2nnc(Cc3ccc(S(=O)(=O)C(C)C)cc3)o2)cc(OC)c1OC. The Balaban J connectivity index is 1.72. The first-order valence-electron chi connectivity index (χ1n) is 9.96. The van der Waals surface area contributed by atoms with Crippen molar-refractivity contribution in [3.05, 3.63) is 53.4 Å². The lowest BCUT2D eigenvalue weighted by Gasteiger charge is -2.13. The van der Waals surface area contributed by atoms with E-state index in [0.717, 1.165) is 5.56 Å². The number of methoxy groups -OCH3 is 3. The van der Waals surface area contributed by atoms with Gasteiger partial charge < -0.3 is 18.6 Å². The standard InChI is InChI=1S/C22H25N3O7S/c1-13(2)33(27,28)16-8-6-14(7-9-16)10-19-24-25-22(32-19)23-21(26)15-11-17(29-3)20(31-5)18(12-15)30-4/h6-9,11-13H,10H2,1-5H3,(H,23,25,26). The Morgan fingerprint density at radius 2 is 1.61 bits per heavy atom. The van der Waals surface area contributed by atoms with Gasteiger partial charge in [0.05, 0.1) is 37.9 Å². The molecule has 0 saturated heterocycles. The van der Waals surface area contributed by atoms with E-state index in [1.54, 1.807) is 38.1 Å². The van der Waals surface area contributed by atoms with Gasteiger partial charge in [0.15, 0.2) is 21.3 Å². The highest BCUT2D eigenvalue weighted by atomic mass is 32.2. The molecule has 33 heavy (non-hydrogen) atoms. The monoisotopic (exact) mass is 475 g/mol. The Labute approximate surface area is 191 Å². The number of carbonyl (C=O) groups is 1. The molecule has 2 aromatic carbocycles. The molecule has 11 heteroatoms. The number of benzene rings is 2. The van der Waals surface area contributed by atoms with Gasteiger partial charge in [-0.3, -0.25) is 10.1 Å². The van der Waals surface area contributed by atoms with Gasteiger partial charge in [-0.25, -0.2) is 8.42 Å². The first-order chi connectivity index (χ1) is 15.7. The molecule has 1 aromatic heterocycles. The Morgan fingerprint density at radius 1 is 1.00 bits per heavy atom. The number of nitrogens with zero attached hydrogens (tertiary/aromatic N) is 2. The number of hydrogen-bond donors (Lipinski definition) is 1. The second kappa shape index (κ2) is 9.90. The van der Waals surface area contributed by atoms with Crippen molar-refractivity contribution in [2.24, 2.45) is 0 Å². The van der Waals surface area contributed by atoms with Crippen LogP contribution in [0.2, 0.25) is 0 Å². The van der Waals surface area contributed by atoms with Crippen LogP contribution in [-0.2, 0) is 16.3 Å². The summed E-state index contributed by atoms with van der Waals surface area (Å²) in [7, 11) is 1.03. The summed E-state index contributed by atoms with van der Waals surface area (Å²) in [6, 6.07) is 9.40. The normalized spacial score (nSPS) is 11.3. The summed E-state index contributed by atoms with van der Waals surface area (Å²) in [5.74, 6) is 0.776. The molecule has 0 saturated carbocycles. The summed E-state index contributed by atoms with van der Waals surface area (Å²) in [4.78, 5) is 12.9. The first-order valence-corrected chi connectivity index (χ1v) is 11.5. The highest BCUT2D eigenvalue weighted by Gasteiger charge is 2.20. The number of hydrogen-bond acceptors (Lipinski definition) is 9. The summed E-state index contributed by atoms with van der Waals surface area (Å²) in [5.41, 5.74) is 1.02. The summed E-state index contributed by atoms with van der Waals surface area (Å²) in [5, 5.41) is 9.81. The predicted molar refractivity (Wildman–Crippen MR) is 120 cm³/mol. The number of carbonyl (C=O) groups excluding carboxylic acids is 1. The molecular formula is C22H25N3O7S. The highest BCUT2D eigenvalue weighted by Crippen LogP contribution is 2.38. The maximum atomic E-state index is 12.7. The number of aromatic nitrogens is 2. The molecule has 0 atom stereocenters. The number of sulfone groups is 1. The van der Waals surface area contributed by atoms with Gasteiger partial charge in [0.25, 0.3) is 5.91 Å². The molecule has 0 aliphatic rings. The molecule has 0 bridgehead atoms. The predicted octanol–water partition coefficient (Wildman–Crippen LogP) is 3.12. The number of anilines is 1. The van der Waals surface area contributed by atoms with E-state index in [-0.39, 0.29) is 28.8 Å². The van der Waals surface area contributed by atoms with Crippen LogP contribution in [0, 0.1) is 0 Å². The molecule has 0 radical (unpaired) electrons. The van der Waals surface area contributed by atoms with Gasteiger partial charge in [-0.2, -0.15) is 0 Å². The van der Waals surface area contributed by atoms with Crippen LogP contribution in [0.1, 0.15) is 35.7 Å². The molecule has 0 aliphatic carbocycles. The van der Waals surface area contributed by atoms with Gasteiger partial charge >= 0.3 is 6.01 Å². The maximum absolute atomic E-state index is 12.7. The van der Waals surface area contributed by atoms with Crippen molar-refractivity contribution in [2.75, 3.05) is 26.6 Å². The lowest BCUT2D eigenvalue weighted by molar-refractivity contribution is 0.102. The van der Waals surface area contributed by atoms with Crippen LogP contribution in [0.25, 0.3) is 0 Å². The molecule has 0 fully saturated rings. The van der Waals surface area contributed by atoms with Crippen LogP contribution in [0.4, 0.5) is 6.01 Å². The second-order valence-electron chi connectivity index (χ2n) is 7.28. The van der Waals surface area contributed by atoms with Gasteiger partial charge in [0, 0.05) is 5.56 Å². The minimum atomic E-state index is -3.34. The van der Waals surface area contributed by atoms with E-state index < -0.39 is 21.0 Å². The summed E-state index contributed by atoms with van der Waals surface area (Å²) in [6.45, 7) is 3.27. The van der Waals surface area contributed by atoms with Crippen LogP contribution < -0.4 is 19.5 Å². The van der Waals surface area contributed by atoms with Crippen molar-refractivity contribution in [3.63, 3.8) is 0 Å². The molecule has 176 valence electrons. The van der Waals surface area contributed by atoms with Gasteiger partial charge in [-0.15, -0.1) is 5.10 Å². The van der Waals surface area contributed by atoms with Crippen LogP contribution in [0.3, 0.4) is 0 Å². The van der Waals surface area contributed by atoms with Crippen molar-refractivity contribution < 1.29 is 31.8 Å². The van der Waals surface area contributed by atoms with Crippen molar-refractivity contribution in [1.82, 2.24) is 10.2 Å². The molecule has 1 N–H and O–H groups in total. The summed E-state index contributed by atoms with van der Waals surface area (Å²) >= 11 is 0. The zero-order valence-electron chi connectivity index (χ0n) is 18.9. The van der Waals surface area contributed by atoms with E-state index in [1.165, 1.54) is 33.5 Å². The molecule has 0 spiro atoms. The van der Waals surface area contributed by atoms with Crippen molar-refractivity contribution in [3.8, 4) is 17.2 Å². The Hall–Kier alpha value is -3.60. The van der Waals surface area contributed by atoms with E-state index >= 15 is 0 Å². The lowest BCUT2D eigenvalue weighted by atomic mass is 10.1. The van der Waals surface area contributed by atoms with Crippen molar-refractivity contribution in [1.29, 1.82) is 0 Å². The van der Waals surface area contributed by atoms with Gasteiger partial charge in [-0.05, 0) is 43.7 Å². The maximum Gasteiger partial charge on any atom is 0.322 e. The van der Waals surface area contributed by atoms with E-state index in [4.69, 9.17) is 18.6 Å². The van der Waals surface area contributed by atoms with Crippen LogP contribution in [-0.4, -0.2) is 51.1 Å². The third kappa shape index (κ3) is 5.25. The Morgan fingerprint density at radius 3 is 2.12 bits per heavy atom. The number of rotatable bonds is 9. The molecule has 10 nitrogen and oxygen atoms in total. The summed E-state index contributed by atoms with van der Waals surface area (Å²) in [6.07, 6.45) is 0.273. The topological polar surface area (TPSA) is 130 Å². The van der Waals surface area contributed by atoms with Gasteiger partial charge in [-0.1, -0.05) is 17.2 Å². The Kier molecular flexibility index (Phi) is 7.22. The molecular weight excluding hydrogens is 450 g/mol. The van der Waals surface area contributed by atoms with Crippen molar-refractivity contribution >= 4 is 21.8 Å². The fourth-order valence-electron chi connectivity index (χ4n) is 3.00. The van der Waals surface area contributed by atoms with Crippen LogP contribution in [0.15, 0.2) is 45.7 Å². The zero-order chi connectivity index (χ0) is 24.2. The lowest BCUT2D eigenvalue weighted by Crippen LogP contribution is -2.13.